The Bertz CT molecular complexity index is 363. The molecule has 0 aliphatic carbocycles. The molecule has 1 fully saturated rings. The van der Waals surface area contributed by atoms with Gasteiger partial charge in [0.05, 0.1) is 6.61 Å². The van der Waals surface area contributed by atoms with Crippen molar-refractivity contribution in [3.8, 4) is 0 Å². The van der Waals surface area contributed by atoms with Gasteiger partial charge in [0.25, 0.3) is 0 Å². The number of rotatable bonds is 3. The fraction of sp³-hybridized carbons (Fsp3) is 0.692. The Kier molecular flexibility index (Phi) is 4.07. The van der Waals surface area contributed by atoms with E-state index in [2.05, 4.69) is 29.1 Å². The zero-order chi connectivity index (χ0) is 12.3. The summed E-state index contributed by atoms with van der Waals surface area (Å²) in [6.07, 6.45) is 2.26. The topological polar surface area (TPSA) is 47.0 Å². The third-order valence-electron chi connectivity index (χ3n) is 3.32. The van der Waals surface area contributed by atoms with Crippen molar-refractivity contribution in [2.24, 2.45) is 0 Å². The summed E-state index contributed by atoms with van der Waals surface area (Å²) in [6, 6.07) is 0. The second-order valence-electron chi connectivity index (χ2n) is 4.68. The quantitative estimate of drug-likeness (QED) is 0.866. The smallest absolute Gasteiger partial charge is 0.134 e. The molecule has 94 valence electrons. The van der Waals surface area contributed by atoms with E-state index in [0.29, 0.717) is 5.92 Å². The lowest BCUT2D eigenvalue weighted by molar-refractivity contribution is 0.0779. The number of hydrogen-bond donors (Lipinski definition) is 1. The highest BCUT2D eigenvalue weighted by Gasteiger charge is 2.20. The molecule has 2 rings (SSSR count). The summed E-state index contributed by atoms with van der Waals surface area (Å²) in [5.74, 6) is 1.34. The highest BCUT2D eigenvalue weighted by Crippen LogP contribution is 2.24. The Labute approximate surface area is 103 Å². The molecule has 4 heteroatoms. The molecule has 0 saturated carbocycles. The molecule has 1 aliphatic rings. The summed E-state index contributed by atoms with van der Waals surface area (Å²) in [5.41, 5.74) is 3.40. The Morgan fingerprint density at radius 3 is 2.53 bits per heavy atom. The molecule has 1 aromatic rings. The van der Waals surface area contributed by atoms with E-state index in [9.17, 15) is 0 Å². The second kappa shape index (κ2) is 5.56. The molecule has 4 nitrogen and oxygen atoms in total. The number of aromatic nitrogens is 2. The first kappa shape index (κ1) is 12.5. The highest BCUT2D eigenvalue weighted by molar-refractivity contribution is 5.25. The number of aryl methyl sites for hydroxylation is 2. The normalized spacial score (nSPS) is 20.5. The molecule has 0 radical (unpaired) electrons. The third-order valence-corrected chi connectivity index (χ3v) is 3.32. The van der Waals surface area contributed by atoms with E-state index in [4.69, 9.17) is 4.74 Å². The lowest BCUT2D eigenvalue weighted by atomic mass is 10.0. The van der Waals surface area contributed by atoms with E-state index in [1.165, 1.54) is 5.56 Å². The summed E-state index contributed by atoms with van der Waals surface area (Å²) in [5, 5.41) is 3.16. The van der Waals surface area contributed by atoms with Crippen molar-refractivity contribution in [2.45, 2.75) is 39.2 Å². The monoisotopic (exact) mass is 235 g/mol. The van der Waals surface area contributed by atoms with E-state index in [1.807, 2.05) is 7.05 Å². The Morgan fingerprint density at radius 2 is 2.00 bits per heavy atom. The van der Waals surface area contributed by atoms with Crippen LogP contribution in [0, 0.1) is 13.8 Å². The van der Waals surface area contributed by atoms with Crippen molar-refractivity contribution < 1.29 is 4.74 Å². The fourth-order valence-corrected chi connectivity index (χ4v) is 2.32. The van der Waals surface area contributed by atoms with Crippen molar-refractivity contribution in [2.75, 3.05) is 20.3 Å². The molecule has 1 aliphatic heterocycles. The predicted octanol–water partition coefficient (Wildman–Crippen LogP) is 1.71. The van der Waals surface area contributed by atoms with Crippen LogP contribution in [0.1, 0.15) is 41.5 Å². The molecule has 0 aromatic carbocycles. The van der Waals surface area contributed by atoms with E-state index < -0.39 is 0 Å². The predicted molar refractivity (Wildman–Crippen MR) is 67.1 cm³/mol. The first-order valence-corrected chi connectivity index (χ1v) is 6.28. The molecular weight excluding hydrogens is 214 g/mol. The SMILES string of the molecule is CNCc1c(C)nc(C2CCCOC2)nc1C. The summed E-state index contributed by atoms with van der Waals surface area (Å²) in [6.45, 7) is 6.61. The molecule has 1 saturated heterocycles. The van der Waals surface area contributed by atoms with Crippen LogP contribution < -0.4 is 5.32 Å². The Hall–Kier alpha value is -1.00. The van der Waals surface area contributed by atoms with Gasteiger partial charge in [0.2, 0.25) is 0 Å². The van der Waals surface area contributed by atoms with Crippen molar-refractivity contribution in [3.05, 3.63) is 22.8 Å². The minimum Gasteiger partial charge on any atom is -0.381 e. The molecule has 1 atom stereocenters. The average molecular weight is 235 g/mol. The molecule has 0 amide bonds. The van der Waals surface area contributed by atoms with Gasteiger partial charge in [-0.05, 0) is 33.7 Å². The van der Waals surface area contributed by atoms with Crippen LogP contribution in [0.3, 0.4) is 0 Å². The van der Waals surface area contributed by atoms with Crippen LogP contribution in [-0.4, -0.2) is 30.2 Å². The van der Waals surface area contributed by atoms with E-state index in [0.717, 1.165) is 49.8 Å². The van der Waals surface area contributed by atoms with E-state index >= 15 is 0 Å². The number of hydrogen-bond acceptors (Lipinski definition) is 4. The maximum absolute atomic E-state index is 5.50. The van der Waals surface area contributed by atoms with Gasteiger partial charge in [-0.1, -0.05) is 0 Å². The zero-order valence-electron chi connectivity index (χ0n) is 10.9. The summed E-state index contributed by atoms with van der Waals surface area (Å²) < 4.78 is 5.50. The molecule has 1 aromatic heterocycles. The first-order chi connectivity index (χ1) is 8.22. The van der Waals surface area contributed by atoms with Gasteiger partial charge < -0.3 is 10.1 Å². The molecule has 1 N–H and O–H groups in total. The zero-order valence-corrected chi connectivity index (χ0v) is 10.9. The summed E-state index contributed by atoms with van der Waals surface area (Å²) >= 11 is 0. The second-order valence-corrected chi connectivity index (χ2v) is 4.68. The van der Waals surface area contributed by atoms with Crippen LogP contribution in [0.4, 0.5) is 0 Å². The Balaban J connectivity index is 2.24. The minimum atomic E-state index is 0.379. The van der Waals surface area contributed by atoms with Crippen molar-refractivity contribution >= 4 is 0 Å². The molecule has 0 spiro atoms. The van der Waals surface area contributed by atoms with Crippen LogP contribution in [0.5, 0.6) is 0 Å². The van der Waals surface area contributed by atoms with Gasteiger partial charge in [-0.3, -0.25) is 0 Å². The number of nitrogens with zero attached hydrogens (tertiary/aromatic N) is 2. The maximum atomic E-state index is 5.50. The average Bonchev–Trinajstić information content (AvgIpc) is 2.35. The van der Waals surface area contributed by atoms with Gasteiger partial charge in [0.1, 0.15) is 5.82 Å². The largest absolute Gasteiger partial charge is 0.381 e. The van der Waals surface area contributed by atoms with E-state index in [-0.39, 0.29) is 0 Å². The van der Waals surface area contributed by atoms with Gasteiger partial charge in [0, 0.05) is 36.0 Å². The van der Waals surface area contributed by atoms with Gasteiger partial charge >= 0.3 is 0 Å². The number of nitrogens with one attached hydrogen (secondary N) is 1. The summed E-state index contributed by atoms with van der Waals surface area (Å²) in [7, 11) is 1.95. The van der Waals surface area contributed by atoms with Crippen LogP contribution in [0.25, 0.3) is 0 Å². The molecule has 0 bridgehead atoms. The summed E-state index contributed by atoms with van der Waals surface area (Å²) in [4.78, 5) is 9.29. The fourth-order valence-electron chi connectivity index (χ4n) is 2.32. The standard InChI is InChI=1S/C13H21N3O/c1-9-12(7-14-3)10(2)16-13(15-9)11-5-4-6-17-8-11/h11,14H,4-8H2,1-3H3. The van der Waals surface area contributed by atoms with E-state index in [1.54, 1.807) is 0 Å². The van der Waals surface area contributed by atoms with Crippen molar-refractivity contribution in [1.29, 1.82) is 0 Å². The number of ether oxygens (including phenoxy) is 1. The van der Waals surface area contributed by atoms with Crippen LogP contribution in [-0.2, 0) is 11.3 Å². The minimum absolute atomic E-state index is 0.379. The highest BCUT2D eigenvalue weighted by atomic mass is 16.5. The maximum Gasteiger partial charge on any atom is 0.134 e. The van der Waals surface area contributed by atoms with Crippen LogP contribution in [0.15, 0.2) is 0 Å². The van der Waals surface area contributed by atoms with Gasteiger partial charge in [0.15, 0.2) is 0 Å². The Morgan fingerprint density at radius 1 is 1.29 bits per heavy atom. The first-order valence-electron chi connectivity index (χ1n) is 6.28. The van der Waals surface area contributed by atoms with Gasteiger partial charge in [-0.15, -0.1) is 0 Å². The molecule has 1 unspecified atom stereocenters. The van der Waals surface area contributed by atoms with Gasteiger partial charge in [-0.2, -0.15) is 0 Å². The van der Waals surface area contributed by atoms with Crippen molar-refractivity contribution in [3.63, 3.8) is 0 Å². The molecule has 17 heavy (non-hydrogen) atoms. The lowest BCUT2D eigenvalue weighted by Gasteiger charge is -2.22. The van der Waals surface area contributed by atoms with Gasteiger partial charge in [-0.25, -0.2) is 9.97 Å². The molecule has 2 heterocycles. The molecular formula is C13H21N3O. The van der Waals surface area contributed by atoms with Crippen LogP contribution >= 0.6 is 0 Å². The van der Waals surface area contributed by atoms with Crippen molar-refractivity contribution in [1.82, 2.24) is 15.3 Å². The lowest BCUT2D eigenvalue weighted by Crippen LogP contribution is -2.20. The van der Waals surface area contributed by atoms with Crippen LogP contribution in [0.2, 0.25) is 0 Å². The third kappa shape index (κ3) is 2.82.